The molecule has 2 aromatic rings. The Kier molecular flexibility index (Phi) is 5.48. The second-order valence-electron chi connectivity index (χ2n) is 4.88. The van der Waals surface area contributed by atoms with E-state index in [2.05, 4.69) is 38.1 Å². The highest BCUT2D eigenvalue weighted by molar-refractivity contribution is 7.85. The fourth-order valence-corrected chi connectivity index (χ4v) is 2.25. The third-order valence-electron chi connectivity index (χ3n) is 2.95. The fourth-order valence-electron chi connectivity index (χ4n) is 1.68. The van der Waals surface area contributed by atoms with E-state index in [0.29, 0.717) is 0 Å². The molecule has 0 radical (unpaired) electrons. The molecule has 0 amide bonds. The Morgan fingerprint density at radius 2 is 1.35 bits per heavy atom. The van der Waals surface area contributed by atoms with Crippen LogP contribution in [0, 0.1) is 27.7 Å². The van der Waals surface area contributed by atoms with Crippen molar-refractivity contribution in [2.75, 3.05) is 0 Å². The van der Waals surface area contributed by atoms with Gasteiger partial charge in [0.05, 0.1) is 4.90 Å². The predicted molar refractivity (Wildman–Crippen MR) is 81.6 cm³/mol. The molecule has 20 heavy (non-hydrogen) atoms. The van der Waals surface area contributed by atoms with Gasteiger partial charge in [-0.05, 0) is 51.0 Å². The van der Waals surface area contributed by atoms with Crippen LogP contribution in [0.25, 0.3) is 0 Å². The summed E-state index contributed by atoms with van der Waals surface area (Å²) in [4.78, 5) is -0.0504. The van der Waals surface area contributed by atoms with Crippen molar-refractivity contribution in [1.82, 2.24) is 0 Å². The molecule has 2 rings (SSSR count). The molecule has 0 saturated carbocycles. The normalized spacial score (nSPS) is 10.7. The van der Waals surface area contributed by atoms with E-state index >= 15 is 0 Å². The van der Waals surface area contributed by atoms with E-state index in [1.807, 2.05) is 6.92 Å². The summed E-state index contributed by atoms with van der Waals surface area (Å²) in [7, 11) is -4.04. The van der Waals surface area contributed by atoms with E-state index in [1.165, 1.54) is 23.3 Å². The maximum absolute atomic E-state index is 10.7. The SMILES string of the molecule is Cc1ccc(S(=O)(=O)O)cc1C.Cc1cccc(C)c1. The minimum absolute atomic E-state index is 0.0504. The summed E-state index contributed by atoms with van der Waals surface area (Å²) in [5.41, 5.74) is 4.53. The fraction of sp³-hybridized carbons (Fsp3) is 0.250. The van der Waals surface area contributed by atoms with Gasteiger partial charge in [0.15, 0.2) is 0 Å². The Morgan fingerprint density at radius 1 is 0.800 bits per heavy atom. The van der Waals surface area contributed by atoms with E-state index in [1.54, 1.807) is 13.0 Å². The Balaban J connectivity index is 0.000000217. The molecule has 0 aliphatic rings. The van der Waals surface area contributed by atoms with Gasteiger partial charge >= 0.3 is 0 Å². The Hall–Kier alpha value is -1.65. The van der Waals surface area contributed by atoms with E-state index in [4.69, 9.17) is 4.55 Å². The van der Waals surface area contributed by atoms with Crippen LogP contribution >= 0.6 is 0 Å². The highest BCUT2D eigenvalue weighted by atomic mass is 32.2. The third kappa shape index (κ3) is 5.15. The second-order valence-corrected chi connectivity index (χ2v) is 6.30. The smallest absolute Gasteiger partial charge is 0.282 e. The topological polar surface area (TPSA) is 54.4 Å². The zero-order chi connectivity index (χ0) is 15.3. The van der Waals surface area contributed by atoms with Gasteiger partial charge in [-0.2, -0.15) is 8.42 Å². The number of rotatable bonds is 1. The van der Waals surface area contributed by atoms with Crippen molar-refractivity contribution < 1.29 is 13.0 Å². The summed E-state index contributed by atoms with van der Waals surface area (Å²) in [6.45, 7) is 7.88. The van der Waals surface area contributed by atoms with Crippen molar-refractivity contribution in [1.29, 1.82) is 0 Å². The van der Waals surface area contributed by atoms with E-state index in [0.717, 1.165) is 11.1 Å². The molecule has 0 fully saturated rings. The van der Waals surface area contributed by atoms with Gasteiger partial charge in [-0.1, -0.05) is 41.5 Å². The van der Waals surface area contributed by atoms with Gasteiger partial charge in [0.2, 0.25) is 0 Å². The molecule has 3 nitrogen and oxygen atoms in total. The van der Waals surface area contributed by atoms with E-state index < -0.39 is 10.1 Å². The van der Waals surface area contributed by atoms with Gasteiger partial charge in [-0.3, -0.25) is 4.55 Å². The molecule has 0 saturated heterocycles. The standard InChI is InChI=1S/C8H10O3S.C8H10/c1-6-3-4-8(5-7(6)2)12(9,10)11;1-7-4-3-5-8(2)6-7/h3-5H,1-2H3,(H,9,10,11);3-6H,1-2H3. The van der Waals surface area contributed by atoms with Gasteiger partial charge in [-0.15, -0.1) is 0 Å². The van der Waals surface area contributed by atoms with Gasteiger partial charge < -0.3 is 0 Å². The van der Waals surface area contributed by atoms with Crippen LogP contribution in [0.1, 0.15) is 22.3 Å². The molecule has 0 aliphatic carbocycles. The summed E-state index contributed by atoms with van der Waals surface area (Å²) in [6, 6.07) is 12.9. The first-order chi connectivity index (χ1) is 9.20. The highest BCUT2D eigenvalue weighted by Crippen LogP contribution is 2.13. The molecule has 0 heterocycles. The monoisotopic (exact) mass is 292 g/mol. The quantitative estimate of drug-likeness (QED) is 0.812. The van der Waals surface area contributed by atoms with Crippen molar-refractivity contribution in [3.63, 3.8) is 0 Å². The summed E-state index contributed by atoms with van der Waals surface area (Å²) in [5, 5.41) is 0. The molecule has 0 bridgehead atoms. The lowest BCUT2D eigenvalue weighted by atomic mass is 10.1. The zero-order valence-corrected chi connectivity index (χ0v) is 13.0. The first-order valence-corrected chi connectivity index (χ1v) is 7.72. The van der Waals surface area contributed by atoms with Gasteiger partial charge in [-0.25, -0.2) is 0 Å². The number of hydrogen-bond donors (Lipinski definition) is 1. The lowest BCUT2D eigenvalue weighted by molar-refractivity contribution is 0.483. The molecule has 0 spiro atoms. The van der Waals surface area contributed by atoms with Crippen LogP contribution in [0.4, 0.5) is 0 Å². The number of hydrogen-bond acceptors (Lipinski definition) is 2. The minimum Gasteiger partial charge on any atom is -0.282 e. The molecule has 4 heteroatoms. The van der Waals surface area contributed by atoms with Gasteiger partial charge in [0.25, 0.3) is 10.1 Å². The molecular weight excluding hydrogens is 272 g/mol. The summed E-state index contributed by atoms with van der Waals surface area (Å²) in [6.07, 6.45) is 0. The average molecular weight is 292 g/mol. The lowest BCUT2D eigenvalue weighted by Gasteiger charge is -2.01. The predicted octanol–water partition coefficient (Wildman–Crippen LogP) is 3.85. The minimum atomic E-state index is -4.04. The average Bonchev–Trinajstić information content (AvgIpc) is 2.32. The van der Waals surface area contributed by atoms with Gasteiger partial charge in [0, 0.05) is 0 Å². The van der Waals surface area contributed by atoms with E-state index in [-0.39, 0.29) is 4.90 Å². The molecule has 1 N–H and O–H groups in total. The maximum atomic E-state index is 10.7. The molecule has 2 aromatic carbocycles. The van der Waals surface area contributed by atoms with Crippen LogP contribution in [0.15, 0.2) is 47.4 Å². The molecule has 0 unspecified atom stereocenters. The summed E-state index contributed by atoms with van der Waals surface area (Å²) >= 11 is 0. The Morgan fingerprint density at radius 3 is 1.70 bits per heavy atom. The lowest BCUT2D eigenvalue weighted by Crippen LogP contribution is -1.98. The molecule has 0 aliphatic heterocycles. The Bertz CT molecular complexity index is 671. The summed E-state index contributed by atoms with van der Waals surface area (Å²) in [5.74, 6) is 0. The van der Waals surface area contributed by atoms with Crippen LogP contribution in [0.5, 0.6) is 0 Å². The van der Waals surface area contributed by atoms with Crippen molar-refractivity contribution in [2.45, 2.75) is 32.6 Å². The van der Waals surface area contributed by atoms with Crippen LogP contribution in [-0.4, -0.2) is 13.0 Å². The van der Waals surface area contributed by atoms with Crippen molar-refractivity contribution in [2.24, 2.45) is 0 Å². The molecular formula is C16H20O3S. The second kappa shape index (κ2) is 6.68. The number of benzene rings is 2. The van der Waals surface area contributed by atoms with Crippen LogP contribution < -0.4 is 0 Å². The van der Waals surface area contributed by atoms with Crippen LogP contribution in [0.2, 0.25) is 0 Å². The van der Waals surface area contributed by atoms with Crippen LogP contribution in [0.3, 0.4) is 0 Å². The van der Waals surface area contributed by atoms with Crippen molar-refractivity contribution in [3.8, 4) is 0 Å². The maximum Gasteiger partial charge on any atom is 0.294 e. The van der Waals surface area contributed by atoms with E-state index in [9.17, 15) is 8.42 Å². The third-order valence-corrected chi connectivity index (χ3v) is 3.80. The first kappa shape index (κ1) is 16.4. The largest absolute Gasteiger partial charge is 0.294 e. The van der Waals surface area contributed by atoms with Gasteiger partial charge in [0.1, 0.15) is 0 Å². The number of aryl methyl sites for hydroxylation is 4. The van der Waals surface area contributed by atoms with Crippen molar-refractivity contribution in [3.05, 3.63) is 64.7 Å². The molecule has 108 valence electrons. The molecule has 0 aromatic heterocycles. The van der Waals surface area contributed by atoms with Crippen molar-refractivity contribution >= 4 is 10.1 Å². The Labute approximate surface area is 121 Å². The zero-order valence-electron chi connectivity index (χ0n) is 12.2. The highest BCUT2D eigenvalue weighted by Gasteiger charge is 2.08. The first-order valence-electron chi connectivity index (χ1n) is 6.28. The summed E-state index contributed by atoms with van der Waals surface area (Å²) < 4.78 is 30.0. The molecule has 0 atom stereocenters. The van der Waals surface area contributed by atoms with Crippen LogP contribution in [-0.2, 0) is 10.1 Å².